The van der Waals surface area contributed by atoms with Crippen LogP contribution in [0.25, 0.3) is 0 Å². The number of benzene rings is 2. The lowest BCUT2D eigenvalue weighted by molar-refractivity contribution is -0.385. The van der Waals surface area contributed by atoms with Crippen LogP contribution < -0.4 is 0 Å². The molecule has 0 saturated carbocycles. The fourth-order valence-electron chi connectivity index (χ4n) is 5.12. The van der Waals surface area contributed by atoms with Crippen LogP contribution in [0.2, 0.25) is 0 Å². The van der Waals surface area contributed by atoms with Gasteiger partial charge in [0.1, 0.15) is 11.5 Å². The van der Waals surface area contributed by atoms with E-state index in [0.29, 0.717) is 38.5 Å². The molecule has 2 aromatic carbocycles. The average molecular weight is 563 g/mol. The lowest BCUT2D eigenvalue weighted by Gasteiger charge is -2.36. The summed E-state index contributed by atoms with van der Waals surface area (Å²) in [6.07, 6.45) is -0.606. The van der Waals surface area contributed by atoms with Gasteiger partial charge in [0, 0.05) is 24.3 Å². The molecule has 4 rings (SSSR count). The Balaban J connectivity index is 1.30. The summed E-state index contributed by atoms with van der Waals surface area (Å²) in [5.74, 6) is -0.326. The van der Waals surface area contributed by atoms with E-state index < -0.39 is 28.5 Å². The van der Waals surface area contributed by atoms with Crippen molar-refractivity contribution in [2.24, 2.45) is 0 Å². The molecule has 2 saturated heterocycles. The Morgan fingerprint density at radius 3 is 1.80 bits per heavy atom. The summed E-state index contributed by atoms with van der Waals surface area (Å²) in [7, 11) is 0. The van der Waals surface area contributed by atoms with E-state index in [2.05, 4.69) is 0 Å². The molecule has 2 aliphatic heterocycles. The Morgan fingerprint density at radius 2 is 1.30 bits per heavy atom. The van der Waals surface area contributed by atoms with Crippen molar-refractivity contribution in [1.82, 2.24) is 0 Å². The summed E-state index contributed by atoms with van der Waals surface area (Å²) in [6, 6.07) is 7.35. The van der Waals surface area contributed by atoms with E-state index in [-0.39, 0.29) is 58.4 Å². The number of rotatable bonds is 10. The molecule has 0 radical (unpaired) electrons. The summed E-state index contributed by atoms with van der Waals surface area (Å²) < 4.78 is 23.5. The predicted octanol–water partition coefficient (Wildman–Crippen LogP) is 4.92. The smallest absolute Gasteiger partial charge is 0.270 e. The van der Waals surface area contributed by atoms with E-state index in [9.17, 15) is 35.5 Å². The van der Waals surface area contributed by atoms with Crippen molar-refractivity contribution in [3.8, 4) is 11.5 Å². The third kappa shape index (κ3) is 7.43. The standard InChI is InChI=1S/C27H34N2O11/c1-15-10-20(39-26(37-15)22-12-17(28(33)34)6-8-24(22)31)5-3-4-19(30)14-21-11-16(2)38-27(40-21)23-13-18(29(35)36)7-9-25(23)32/h6-9,12-13,15-16,19-21,26-27,30-32H,3-5,10-11,14H2,1-2H3/t15?,16-,19?,20?,21?,26?,27?/m0/s1. The minimum absolute atomic E-state index is 0.152. The number of hydrogen-bond donors (Lipinski definition) is 3. The maximum absolute atomic E-state index is 11.2. The van der Waals surface area contributed by atoms with Crippen LogP contribution in [0.3, 0.4) is 0 Å². The van der Waals surface area contributed by atoms with E-state index in [1.807, 2.05) is 13.8 Å². The zero-order valence-corrected chi connectivity index (χ0v) is 22.3. The van der Waals surface area contributed by atoms with Gasteiger partial charge in [0.25, 0.3) is 11.4 Å². The number of aromatic hydroxyl groups is 2. The third-order valence-electron chi connectivity index (χ3n) is 7.08. The molecule has 6 unspecified atom stereocenters. The van der Waals surface area contributed by atoms with Gasteiger partial charge in [0.05, 0.1) is 51.5 Å². The molecule has 2 fully saturated rings. The van der Waals surface area contributed by atoms with Gasteiger partial charge < -0.3 is 34.3 Å². The van der Waals surface area contributed by atoms with Crippen LogP contribution in [0.5, 0.6) is 11.5 Å². The number of nitro benzene ring substituents is 2. The van der Waals surface area contributed by atoms with Crippen molar-refractivity contribution >= 4 is 11.4 Å². The first-order valence-corrected chi connectivity index (χ1v) is 13.2. The summed E-state index contributed by atoms with van der Waals surface area (Å²) in [6.45, 7) is 3.70. The second-order valence-corrected chi connectivity index (χ2v) is 10.4. The number of nitro groups is 2. The molecule has 0 bridgehead atoms. The van der Waals surface area contributed by atoms with Crippen molar-refractivity contribution in [2.75, 3.05) is 0 Å². The monoisotopic (exact) mass is 562 g/mol. The topological polar surface area (TPSA) is 184 Å². The summed E-state index contributed by atoms with van der Waals surface area (Å²) >= 11 is 0. The van der Waals surface area contributed by atoms with Crippen LogP contribution in [-0.2, 0) is 18.9 Å². The molecular weight excluding hydrogens is 528 g/mol. The van der Waals surface area contributed by atoms with Crippen molar-refractivity contribution in [3.63, 3.8) is 0 Å². The Hall–Kier alpha value is -3.36. The molecule has 3 N–H and O–H groups in total. The number of aliphatic hydroxyl groups is 1. The van der Waals surface area contributed by atoms with Gasteiger partial charge in [-0.15, -0.1) is 0 Å². The van der Waals surface area contributed by atoms with E-state index in [0.717, 1.165) is 0 Å². The molecule has 13 nitrogen and oxygen atoms in total. The number of ether oxygens (including phenoxy) is 4. The summed E-state index contributed by atoms with van der Waals surface area (Å²) in [5.41, 5.74) is -0.0100. The highest BCUT2D eigenvalue weighted by Gasteiger charge is 2.34. The molecule has 0 aliphatic carbocycles. The van der Waals surface area contributed by atoms with Gasteiger partial charge in [-0.1, -0.05) is 0 Å². The second kappa shape index (κ2) is 12.9. The van der Waals surface area contributed by atoms with Crippen LogP contribution in [0.15, 0.2) is 36.4 Å². The zero-order valence-electron chi connectivity index (χ0n) is 22.3. The number of aliphatic hydroxyl groups excluding tert-OH is 1. The minimum atomic E-state index is -1.000. The Labute approximate surface area is 230 Å². The molecule has 2 aliphatic rings. The minimum Gasteiger partial charge on any atom is -0.507 e. The zero-order chi connectivity index (χ0) is 29.0. The number of hydrogen-bond acceptors (Lipinski definition) is 11. The van der Waals surface area contributed by atoms with Gasteiger partial charge >= 0.3 is 0 Å². The molecule has 40 heavy (non-hydrogen) atoms. The van der Waals surface area contributed by atoms with E-state index in [4.69, 9.17) is 18.9 Å². The van der Waals surface area contributed by atoms with Gasteiger partial charge in [0.2, 0.25) is 0 Å². The molecule has 2 heterocycles. The molecule has 7 atom stereocenters. The number of phenolic OH excluding ortho intramolecular Hbond substituents is 2. The normalized spacial score (nSPS) is 27.7. The van der Waals surface area contributed by atoms with Crippen molar-refractivity contribution in [2.45, 2.75) is 95.5 Å². The van der Waals surface area contributed by atoms with Crippen LogP contribution in [-0.4, -0.2) is 55.7 Å². The predicted molar refractivity (Wildman–Crippen MR) is 140 cm³/mol. The van der Waals surface area contributed by atoms with Gasteiger partial charge in [-0.25, -0.2) is 0 Å². The van der Waals surface area contributed by atoms with Crippen LogP contribution in [0.1, 0.15) is 76.1 Å². The van der Waals surface area contributed by atoms with Gasteiger partial charge in [0.15, 0.2) is 12.6 Å². The molecule has 13 heteroatoms. The van der Waals surface area contributed by atoms with E-state index in [1.54, 1.807) is 0 Å². The molecular formula is C27H34N2O11. The fraction of sp³-hybridized carbons (Fsp3) is 0.556. The van der Waals surface area contributed by atoms with Crippen LogP contribution in [0, 0.1) is 20.2 Å². The summed E-state index contributed by atoms with van der Waals surface area (Å²) in [5, 5.41) is 53.5. The van der Waals surface area contributed by atoms with Gasteiger partial charge in [-0.2, -0.15) is 0 Å². The lowest BCUT2D eigenvalue weighted by Crippen LogP contribution is -2.34. The molecule has 0 amide bonds. The maximum atomic E-state index is 11.2. The largest absolute Gasteiger partial charge is 0.507 e. The first kappa shape index (κ1) is 29.6. The highest BCUT2D eigenvalue weighted by atomic mass is 16.7. The molecule has 0 spiro atoms. The Bertz CT molecular complexity index is 1210. The van der Waals surface area contributed by atoms with Crippen molar-refractivity contribution < 1.29 is 44.1 Å². The van der Waals surface area contributed by atoms with Crippen molar-refractivity contribution in [3.05, 3.63) is 67.8 Å². The second-order valence-electron chi connectivity index (χ2n) is 10.4. The van der Waals surface area contributed by atoms with Crippen LogP contribution in [0.4, 0.5) is 11.4 Å². The first-order valence-electron chi connectivity index (χ1n) is 13.2. The van der Waals surface area contributed by atoms with Crippen molar-refractivity contribution in [1.29, 1.82) is 0 Å². The highest BCUT2D eigenvalue weighted by Crippen LogP contribution is 2.39. The van der Waals surface area contributed by atoms with Crippen LogP contribution >= 0.6 is 0 Å². The third-order valence-corrected chi connectivity index (χ3v) is 7.08. The Kier molecular flexibility index (Phi) is 9.53. The number of phenols is 2. The number of nitrogens with zero attached hydrogens (tertiary/aromatic N) is 2. The summed E-state index contributed by atoms with van der Waals surface area (Å²) in [4.78, 5) is 21.2. The maximum Gasteiger partial charge on any atom is 0.270 e. The van der Waals surface area contributed by atoms with E-state index >= 15 is 0 Å². The Morgan fingerprint density at radius 1 is 0.825 bits per heavy atom. The molecule has 2 aromatic rings. The highest BCUT2D eigenvalue weighted by molar-refractivity contribution is 5.44. The SMILES string of the molecule is CC1CC(CCCC(O)CC2C[C@H](C)OC(c3cc([N+](=O)[O-])ccc3O)O2)OC(c2cc([N+](=O)[O-])ccc2O)O1. The molecule has 0 aromatic heterocycles. The van der Waals surface area contributed by atoms with E-state index in [1.165, 1.54) is 36.4 Å². The van der Waals surface area contributed by atoms with Gasteiger partial charge in [-0.3, -0.25) is 20.2 Å². The fourth-order valence-corrected chi connectivity index (χ4v) is 5.12. The number of non-ortho nitro benzene ring substituents is 2. The average Bonchev–Trinajstić information content (AvgIpc) is 2.88. The van der Waals surface area contributed by atoms with Gasteiger partial charge in [-0.05, 0) is 64.5 Å². The quantitative estimate of drug-likeness (QED) is 0.264. The lowest BCUT2D eigenvalue weighted by atomic mass is 9.98. The molecule has 218 valence electrons. The first-order chi connectivity index (χ1) is 19.0.